The Morgan fingerprint density at radius 1 is 0.645 bits per heavy atom. The van der Waals surface area contributed by atoms with E-state index >= 15 is 0 Å². The summed E-state index contributed by atoms with van der Waals surface area (Å²) in [6, 6.07) is 32.2. The molecule has 2 nitrogen and oxygen atoms in total. The summed E-state index contributed by atoms with van der Waals surface area (Å²) in [6.45, 7) is 0.799. The number of hydrogen-bond acceptors (Lipinski definition) is 2. The highest BCUT2D eigenvalue weighted by molar-refractivity contribution is 5.86. The molecule has 0 amide bonds. The number of benzene rings is 4. The third kappa shape index (κ3) is 3.87. The topological polar surface area (TPSA) is 29.5 Å². The molecule has 0 aliphatic heterocycles. The minimum Gasteiger partial charge on any atom is -0.493 e. The first-order valence-corrected chi connectivity index (χ1v) is 11.0. The largest absolute Gasteiger partial charge is 0.493 e. The van der Waals surface area contributed by atoms with E-state index in [2.05, 4.69) is 84.9 Å². The lowest BCUT2D eigenvalue weighted by Gasteiger charge is -2.15. The Hall–Kier alpha value is -3.36. The lowest BCUT2D eigenvalue weighted by atomic mass is 9.93. The van der Waals surface area contributed by atoms with Crippen molar-refractivity contribution in [2.24, 2.45) is 0 Å². The molecule has 154 valence electrons. The highest BCUT2D eigenvalue weighted by Gasteiger charge is 2.21. The lowest BCUT2D eigenvalue weighted by Crippen LogP contribution is -2.00. The fraction of sp³-hybridized carbons (Fsp3) is 0.172. The summed E-state index contributed by atoms with van der Waals surface area (Å²) in [6.07, 6.45) is 2.56. The molecular weight excluding hydrogens is 380 g/mol. The molecule has 4 aromatic rings. The first kappa shape index (κ1) is 19.6. The van der Waals surface area contributed by atoms with Gasteiger partial charge in [-0.3, -0.25) is 0 Å². The van der Waals surface area contributed by atoms with E-state index in [1.807, 2.05) is 6.07 Å². The molecular formula is C29H26O2. The highest BCUT2D eigenvalue weighted by atomic mass is 16.5. The van der Waals surface area contributed by atoms with Gasteiger partial charge in [0.1, 0.15) is 5.75 Å². The van der Waals surface area contributed by atoms with Crippen LogP contribution in [0.3, 0.4) is 0 Å². The van der Waals surface area contributed by atoms with Crippen LogP contribution in [0, 0.1) is 0 Å². The van der Waals surface area contributed by atoms with Crippen LogP contribution in [0.4, 0.5) is 0 Å². The molecule has 1 aliphatic rings. The van der Waals surface area contributed by atoms with E-state index in [1.54, 1.807) is 0 Å². The van der Waals surface area contributed by atoms with Gasteiger partial charge in [0.05, 0.1) is 6.61 Å². The summed E-state index contributed by atoms with van der Waals surface area (Å²) in [5.41, 5.74) is 10.2. The standard InChI is InChI=1S/C29H26O2/c30-17-6-7-18-31-29-20-23(15-16-26(29)21-9-2-1-3-10-21)25-13-8-14-27-24-12-5-4-11-22(24)19-28(25)27/h1-5,8-16,20,30H,6-7,17-19H2. The molecule has 0 radical (unpaired) electrons. The van der Waals surface area contributed by atoms with Crippen LogP contribution >= 0.6 is 0 Å². The van der Waals surface area contributed by atoms with Gasteiger partial charge in [0, 0.05) is 12.2 Å². The van der Waals surface area contributed by atoms with Crippen LogP contribution in [0.25, 0.3) is 33.4 Å². The second kappa shape index (κ2) is 8.79. The molecule has 5 rings (SSSR count). The summed E-state index contributed by atoms with van der Waals surface area (Å²) >= 11 is 0. The van der Waals surface area contributed by atoms with Crippen LogP contribution in [-0.4, -0.2) is 18.3 Å². The van der Waals surface area contributed by atoms with Crippen molar-refractivity contribution >= 4 is 0 Å². The summed E-state index contributed by atoms with van der Waals surface area (Å²) in [5, 5.41) is 9.10. The first-order valence-electron chi connectivity index (χ1n) is 11.0. The first-order chi connectivity index (χ1) is 15.3. The van der Waals surface area contributed by atoms with Gasteiger partial charge in [-0.15, -0.1) is 0 Å². The van der Waals surface area contributed by atoms with Crippen LogP contribution in [-0.2, 0) is 6.42 Å². The summed E-state index contributed by atoms with van der Waals surface area (Å²) < 4.78 is 6.23. The number of unbranched alkanes of at least 4 members (excludes halogenated alkanes) is 1. The fourth-order valence-electron chi connectivity index (χ4n) is 4.49. The molecule has 2 heteroatoms. The maximum absolute atomic E-state index is 9.10. The van der Waals surface area contributed by atoms with Crippen molar-refractivity contribution < 1.29 is 9.84 Å². The molecule has 0 atom stereocenters. The van der Waals surface area contributed by atoms with E-state index in [9.17, 15) is 0 Å². The number of ether oxygens (including phenoxy) is 1. The van der Waals surface area contributed by atoms with E-state index in [0.717, 1.165) is 36.1 Å². The maximum Gasteiger partial charge on any atom is 0.127 e. The Morgan fingerprint density at radius 2 is 1.42 bits per heavy atom. The average molecular weight is 407 g/mol. The van der Waals surface area contributed by atoms with Crippen LogP contribution in [0.2, 0.25) is 0 Å². The van der Waals surface area contributed by atoms with Gasteiger partial charge in [-0.05, 0) is 64.3 Å². The highest BCUT2D eigenvalue weighted by Crippen LogP contribution is 2.43. The van der Waals surface area contributed by atoms with Gasteiger partial charge in [-0.25, -0.2) is 0 Å². The molecule has 0 bridgehead atoms. The third-order valence-corrected chi connectivity index (χ3v) is 6.04. The fourth-order valence-corrected chi connectivity index (χ4v) is 4.49. The van der Waals surface area contributed by atoms with Gasteiger partial charge in [0.25, 0.3) is 0 Å². The number of rotatable bonds is 7. The summed E-state index contributed by atoms with van der Waals surface area (Å²) in [5.74, 6) is 0.898. The van der Waals surface area contributed by atoms with Gasteiger partial charge in [-0.1, -0.05) is 84.9 Å². The zero-order valence-electron chi connectivity index (χ0n) is 17.6. The van der Waals surface area contributed by atoms with E-state index < -0.39 is 0 Å². The molecule has 0 unspecified atom stereocenters. The third-order valence-electron chi connectivity index (χ3n) is 6.04. The molecule has 1 aliphatic carbocycles. The van der Waals surface area contributed by atoms with Crippen LogP contribution in [0.1, 0.15) is 24.0 Å². The number of hydrogen-bond donors (Lipinski definition) is 1. The maximum atomic E-state index is 9.10. The minimum atomic E-state index is 0.200. The van der Waals surface area contributed by atoms with Gasteiger partial charge >= 0.3 is 0 Å². The molecule has 0 heterocycles. The zero-order valence-corrected chi connectivity index (χ0v) is 17.6. The molecule has 0 saturated carbocycles. The molecule has 31 heavy (non-hydrogen) atoms. The van der Waals surface area contributed by atoms with Crippen LogP contribution < -0.4 is 4.74 Å². The van der Waals surface area contributed by atoms with Crippen molar-refractivity contribution in [1.82, 2.24) is 0 Å². The van der Waals surface area contributed by atoms with Gasteiger partial charge in [0.2, 0.25) is 0 Å². The molecule has 4 aromatic carbocycles. The van der Waals surface area contributed by atoms with Crippen molar-refractivity contribution in [2.45, 2.75) is 19.3 Å². The molecule has 0 aromatic heterocycles. The van der Waals surface area contributed by atoms with Crippen molar-refractivity contribution in [3.63, 3.8) is 0 Å². The minimum absolute atomic E-state index is 0.200. The van der Waals surface area contributed by atoms with Crippen molar-refractivity contribution in [2.75, 3.05) is 13.2 Å². The second-order valence-electron chi connectivity index (χ2n) is 8.02. The van der Waals surface area contributed by atoms with Gasteiger partial charge in [0.15, 0.2) is 0 Å². The number of fused-ring (bicyclic) bond motifs is 3. The zero-order chi connectivity index (χ0) is 21.0. The molecule has 0 spiro atoms. The lowest BCUT2D eigenvalue weighted by molar-refractivity contribution is 0.253. The normalized spacial score (nSPS) is 11.8. The Bertz CT molecular complexity index is 1190. The monoisotopic (exact) mass is 406 g/mol. The van der Waals surface area contributed by atoms with Crippen molar-refractivity contribution in [1.29, 1.82) is 0 Å². The molecule has 0 saturated heterocycles. The molecule has 1 N–H and O–H groups in total. The second-order valence-corrected chi connectivity index (χ2v) is 8.02. The van der Waals surface area contributed by atoms with Crippen molar-refractivity contribution in [3.05, 3.63) is 102 Å². The quantitative estimate of drug-likeness (QED) is 0.303. The predicted octanol–water partition coefficient (Wildman–Crippen LogP) is 6.74. The smallest absolute Gasteiger partial charge is 0.127 e. The Balaban J connectivity index is 1.55. The van der Waals surface area contributed by atoms with Crippen LogP contribution in [0.5, 0.6) is 5.75 Å². The predicted molar refractivity (Wildman–Crippen MR) is 127 cm³/mol. The number of aliphatic hydroxyl groups excluding tert-OH is 1. The van der Waals surface area contributed by atoms with E-state index in [-0.39, 0.29) is 6.61 Å². The van der Waals surface area contributed by atoms with Gasteiger partial charge < -0.3 is 9.84 Å². The Kier molecular flexibility index (Phi) is 5.56. The average Bonchev–Trinajstić information content (AvgIpc) is 3.21. The number of aliphatic hydroxyl groups is 1. The Labute approximate surface area is 183 Å². The van der Waals surface area contributed by atoms with Crippen molar-refractivity contribution in [3.8, 4) is 39.1 Å². The summed E-state index contributed by atoms with van der Waals surface area (Å²) in [7, 11) is 0. The molecule has 0 fully saturated rings. The van der Waals surface area contributed by atoms with Crippen LogP contribution in [0.15, 0.2) is 91.0 Å². The SMILES string of the molecule is OCCCCOc1cc(-c2cccc3c2Cc2ccccc2-3)ccc1-c1ccccc1. The van der Waals surface area contributed by atoms with E-state index in [4.69, 9.17) is 9.84 Å². The van der Waals surface area contributed by atoms with Gasteiger partial charge in [-0.2, -0.15) is 0 Å². The van der Waals surface area contributed by atoms with E-state index in [1.165, 1.54) is 33.4 Å². The summed E-state index contributed by atoms with van der Waals surface area (Å²) in [4.78, 5) is 0. The van der Waals surface area contributed by atoms with E-state index in [0.29, 0.717) is 6.61 Å². The Morgan fingerprint density at radius 3 is 2.29 bits per heavy atom.